The molecule has 3 aromatic carbocycles. The molecule has 0 aliphatic rings. The van der Waals surface area contributed by atoms with E-state index in [-0.39, 0.29) is 29.3 Å². The van der Waals surface area contributed by atoms with E-state index in [1.165, 1.54) is 12.1 Å². The zero-order valence-corrected chi connectivity index (χ0v) is 21.7. The molecule has 1 atom stereocenters. The zero-order valence-electron chi connectivity index (χ0n) is 21.0. The first kappa shape index (κ1) is 30.0. The molecule has 0 aliphatic carbocycles. The minimum Gasteiger partial charge on any atom is -0.337 e. The van der Waals surface area contributed by atoms with Crippen LogP contribution in [0.4, 0.5) is 35.1 Å². The number of nitrogens with one attached hydrogen (secondary N) is 1. The number of hydrogen-bond acceptors (Lipinski definition) is 2. The standard InChI is InChI=1S/C29H19ClF8N2O/c1-16-4-2-3-5-18(16)14-27(25-9-7-21(30)15-39-25,19-11-20(28(33,34)35)13-22(31)12-19)40-26(41)17-6-8-24(32)23(10-17)29(36,37)38/h2-13,15H,14H2,1H3,(H,40,41). The van der Waals surface area contributed by atoms with E-state index in [1.807, 2.05) is 0 Å². The number of nitrogens with zero attached hydrogens (tertiary/aromatic N) is 1. The molecule has 0 fully saturated rings. The molecule has 41 heavy (non-hydrogen) atoms. The van der Waals surface area contributed by atoms with Gasteiger partial charge in [-0.25, -0.2) is 8.78 Å². The fourth-order valence-corrected chi connectivity index (χ4v) is 4.50. The van der Waals surface area contributed by atoms with Crippen molar-refractivity contribution in [3.05, 3.63) is 135 Å². The minimum absolute atomic E-state index is 0.0876. The van der Waals surface area contributed by atoms with Crippen molar-refractivity contribution in [2.45, 2.75) is 31.2 Å². The van der Waals surface area contributed by atoms with E-state index >= 15 is 0 Å². The van der Waals surface area contributed by atoms with Crippen molar-refractivity contribution in [1.82, 2.24) is 10.3 Å². The van der Waals surface area contributed by atoms with Crippen LogP contribution >= 0.6 is 11.6 Å². The van der Waals surface area contributed by atoms with Gasteiger partial charge in [-0.3, -0.25) is 9.78 Å². The van der Waals surface area contributed by atoms with Crippen LogP contribution in [0, 0.1) is 18.6 Å². The van der Waals surface area contributed by atoms with Gasteiger partial charge < -0.3 is 5.32 Å². The predicted octanol–water partition coefficient (Wildman–Crippen LogP) is 8.28. The number of alkyl halides is 6. The van der Waals surface area contributed by atoms with Crippen molar-refractivity contribution in [2.24, 2.45) is 0 Å². The number of halogens is 9. The van der Waals surface area contributed by atoms with Gasteiger partial charge in [0.2, 0.25) is 0 Å². The maximum atomic E-state index is 14.8. The fourth-order valence-electron chi connectivity index (χ4n) is 4.39. The Morgan fingerprint density at radius 2 is 1.54 bits per heavy atom. The predicted molar refractivity (Wildman–Crippen MR) is 135 cm³/mol. The van der Waals surface area contributed by atoms with Gasteiger partial charge in [0.15, 0.2) is 0 Å². The molecule has 1 aromatic heterocycles. The number of carbonyl (C=O) groups is 1. The molecule has 0 bridgehead atoms. The summed E-state index contributed by atoms with van der Waals surface area (Å²) in [5.74, 6) is -4.12. The third kappa shape index (κ3) is 6.51. The fraction of sp³-hybridized carbons (Fsp3) is 0.172. The van der Waals surface area contributed by atoms with Crippen molar-refractivity contribution in [3.63, 3.8) is 0 Å². The number of amides is 1. The van der Waals surface area contributed by atoms with Gasteiger partial charge in [-0.05, 0) is 72.1 Å². The lowest BCUT2D eigenvalue weighted by Gasteiger charge is -2.36. The molecule has 1 N–H and O–H groups in total. The van der Waals surface area contributed by atoms with Crippen LogP contribution in [0.3, 0.4) is 0 Å². The van der Waals surface area contributed by atoms with E-state index in [4.69, 9.17) is 11.6 Å². The normalized spacial score (nSPS) is 13.5. The molecule has 12 heteroatoms. The van der Waals surface area contributed by atoms with Crippen LogP contribution in [0.5, 0.6) is 0 Å². The topological polar surface area (TPSA) is 42.0 Å². The molecule has 0 aliphatic heterocycles. The van der Waals surface area contributed by atoms with Crippen molar-refractivity contribution >= 4 is 17.5 Å². The maximum Gasteiger partial charge on any atom is 0.419 e. The molecule has 4 aromatic rings. The second-order valence-corrected chi connectivity index (χ2v) is 9.68. The van der Waals surface area contributed by atoms with Gasteiger partial charge >= 0.3 is 12.4 Å². The van der Waals surface area contributed by atoms with Gasteiger partial charge in [-0.15, -0.1) is 0 Å². The number of aryl methyl sites for hydroxylation is 1. The van der Waals surface area contributed by atoms with Crippen LogP contribution in [0.25, 0.3) is 0 Å². The molecule has 4 rings (SSSR count). The number of hydrogen-bond donors (Lipinski definition) is 1. The summed E-state index contributed by atoms with van der Waals surface area (Å²) in [5.41, 5.74) is -5.14. The average molecular weight is 599 g/mol. The number of aromatic nitrogens is 1. The smallest absolute Gasteiger partial charge is 0.337 e. The van der Waals surface area contributed by atoms with Crippen LogP contribution in [0.2, 0.25) is 5.02 Å². The molecule has 1 unspecified atom stereocenters. The van der Waals surface area contributed by atoms with Gasteiger partial charge in [-0.1, -0.05) is 35.9 Å². The third-order valence-electron chi connectivity index (χ3n) is 6.46. The Hall–Kier alpha value is -3.99. The van der Waals surface area contributed by atoms with Crippen molar-refractivity contribution in [1.29, 1.82) is 0 Å². The Kier molecular flexibility index (Phi) is 8.13. The summed E-state index contributed by atoms with van der Waals surface area (Å²) < 4.78 is 110. The summed E-state index contributed by atoms with van der Waals surface area (Å²) in [5, 5.41) is 2.64. The first-order chi connectivity index (χ1) is 19.1. The largest absolute Gasteiger partial charge is 0.419 e. The zero-order chi connectivity index (χ0) is 30.2. The molecule has 214 valence electrons. The molecule has 0 saturated heterocycles. The van der Waals surface area contributed by atoms with Crippen molar-refractivity contribution in [3.8, 4) is 0 Å². The molecule has 0 saturated carbocycles. The van der Waals surface area contributed by atoms with E-state index in [1.54, 1.807) is 31.2 Å². The molecule has 0 radical (unpaired) electrons. The first-order valence-electron chi connectivity index (χ1n) is 11.8. The summed E-state index contributed by atoms with van der Waals surface area (Å²) in [6.45, 7) is 1.69. The number of benzene rings is 3. The van der Waals surface area contributed by atoms with E-state index < -0.39 is 57.7 Å². The third-order valence-corrected chi connectivity index (χ3v) is 6.68. The van der Waals surface area contributed by atoms with Gasteiger partial charge in [0.1, 0.15) is 17.2 Å². The van der Waals surface area contributed by atoms with Gasteiger partial charge in [0.25, 0.3) is 5.91 Å². The van der Waals surface area contributed by atoms with Crippen molar-refractivity contribution in [2.75, 3.05) is 0 Å². The SMILES string of the molecule is Cc1ccccc1CC(NC(=O)c1ccc(F)c(C(F)(F)F)c1)(c1cc(F)cc(C(F)(F)F)c1)c1ccc(Cl)cn1. The van der Waals surface area contributed by atoms with E-state index in [9.17, 15) is 39.9 Å². The van der Waals surface area contributed by atoms with Crippen LogP contribution in [0.15, 0.2) is 79.0 Å². The lowest BCUT2D eigenvalue weighted by Crippen LogP contribution is -2.49. The molecule has 0 spiro atoms. The van der Waals surface area contributed by atoms with E-state index in [2.05, 4.69) is 10.3 Å². The van der Waals surface area contributed by atoms with Gasteiger partial charge in [0, 0.05) is 18.2 Å². The molecular weight excluding hydrogens is 580 g/mol. The van der Waals surface area contributed by atoms with Crippen molar-refractivity contribution < 1.29 is 39.9 Å². The highest BCUT2D eigenvalue weighted by Gasteiger charge is 2.42. The molecule has 3 nitrogen and oxygen atoms in total. The summed E-state index contributed by atoms with van der Waals surface area (Å²) >= 11 is 5.98. The Labute approximate surface area is 233 Å². The Balaban J connectivity index is 2.00. The van der Waals surface area contributed by atoms with E-state index in [0.29, 0.717) is 23.3 Å². The number of pyridine rings is 1. The summed E-state index contributed by atoms with van der Waals surface area (Å²) in [6, 6.07) is 12.5. The molecule has 1 amide bonds. The molecular formula is C29H19ClF8N2O. The quantitative estimate of drug-likeness (QED) is 0.227. The number of rotatable bonds is 6. The Bertz CT molecular complexity index is 1590. The van der Waals surface area contributed by atoms with Gasteiger partial charge in [0.05, 0.1) is 21.8 Å². The lowest BCUT2D eigenvalue weighted by molar-refractivity contribution is -0.140. The molecule has 1 heterocycles. The van der Waals surface area contributed by atoms with Crippen LogP contribution in [-0.4, -0.2) is 10.9 Å². The van der Waals surface area contributed by atoms with Crippen LogP contribution in [-0.2, 0) is 24.3 Å². The summed E-state index contributed by atoms with van der Waals surface area (Å²) in [4.78, 5) is 17.7. The maximum absolute atomic E-state index is 14.8. The van der Waals surface area contributed by atoms with Crippen LogP contribution < -0.4 is 5.32 Å². The van der Waals surface area contributed by atoms with Crippen LogP contribution in [0.1, 0.15) is 43.9 Å². The monoisotopic (exact) mass is 598 g/mol. The summed E-state index contributed by atoms with van der Waals surface area (Å²) in [6.07, 6.45) is -9.27. The second-order valence-electron chi connectivity index (χ2n) is 9.24. The first-order valence-corrected chi connectivity index (χ1v) is 12.2. The Morgan fingerprint density at radius 1 is 0.854 bits per heavy atom. The van der Waals surface area contributed by atoms with E-state index in [0.717, 1.165) is 18.3 Å². The Morgan fingerprint density at radius 3 is 2.15 bits per heavy atom. The highest BCUT2D eigenvalue weighted by molar-refractivity contribution is 6.30. The highest BCUT2D eigenvalue weighted by atomic mass is 35.5. The van der Waals surface area contributed by atoms with Gasteiger partial charge in [-0.2, -0.15) is 26.3 Å². The average Bonchev–Trinajstić information content (AvgIpc) is 2.88. The number of carbonyl (C=O) groups excluding carboxylic acids is 1. The minimum atomic E-state index is -5.14. The lowest BCUT2D eigenvalue weighted by atomic mass is 9.78. The summed E-state index contributed by atoms with van der Waals surface area (Å²) in [7, 11) is 0. The second kappa shape index (κ2) is 11.1. The highest BCUT2D eigenvalue weighted by Crippen LogP contribution is 2.39.